The number of rotatable bonds is 2. The SMILES string of the molecule is C.C.C.CC(C)N1CCCOC1=O.CC(C)c1ccccn1.[Y]. The zero-order valence-corrected chi connectivity index (χ0v) is 15.7. The maximum Gasteiger partial charge on any atom is 0.409 e. The quantitative estimate of drug-likeness (QED) is 0.671. The molecule has 1 saturated heterocycles. The molecule has 0 atom stereocenters. The second kappa shape index (κ2) is 16.4. The molecule has 1 aromatic heterocycles. The van der Waals surface area contributed by atoms with Crippen LogP contribution in [0, 0.1) is 0 Å². The van der Waals surface area contributed by atoms with Crippen molar-refractivity contribution in [2.75, 3.05) is 13.2 Å². The Morgan fingerprint density at radius 3 is 2.04 bits per heavy atom. The Hall–Kier alpha value is -0.476. The molecule has 0 aromatic carbocycles. The molecule has 0 bridgehead atoms. The van der Waals surface area contributed by atoms with Gasteiger partial charge in [-0.25, -0.2) is 4.79 Å². The molecule has 0 spiro atoms. The number of ether oxygens (including phenoxy) is 1. The van der Waals surface area contributed by atoms with Crippen LogP contribution in [0.1, 0.15) is 68.0 Å². The molecule has 2 heterocycles. The zero-order chi connectivity index (χ0) is 14.3. The van der Waals surface area contributed by atoms with Gasteiger partial charge in [0.25, 0.3) is 0 Å². The van der Waals surface area contributed by atoms with Crippen molar-refractivity contribution in [3.63, 3.8) is 0 Å². The van der Waals surface area contributed by atoms with E-state index in [-0.39, 0.29) is 67.1 Å². The van der Waals surface area contributed by atoms with Crippen LogP contribution in [0.2, 0.25) is 0 Å². The molecule has 1 amide bonds. The third-order valence-electron chi connectivity index (χ3n) is 2.91. The number of hydrogen-bond acceptors (Lipinski definition) is 3. The molecule has 1 radical (unpaired) electrons. The van der Waals surface area contributed by atoms with Crippen molar-refractivity contribution >= 4 is 6.09 Å². The first kappa shape index (κ1) is 30.4. The van der Waals surface area contributed by atoms with E-state index < -0.39 is 0 Å². The number of pyridine rings is 1. The number of carbonyl (C=O) groups is 1. The van der Waals surface area contributed by atoms with E-state index >= 15 is 0 Å². The number of aromatic nitrogens is 1. The Morgan fingerprint density at radius 1 is 1.13 bits per heavy atom. The van der Waals surface area contributed by atoms with Crippen molar-refractivity contribution in [1.29, 1.82) is 0 Å². The summed E-state index contributed by atoms with van der Waals surface area (Å²) in [7, 11) is 0. The summed E-state index contributed by atoms with van der Waals surface area (Å²) in [5, 5.41) is 0. The van der Waals surface area contributed by atoms with Crippen LogP contribution in [0.4, 0.5) is 4.79 Å². The number of amides is 1. The number of cyclic esters (lactones) is 1. The molecule has 0 N–H and O–H groups in total. The van der Waals surface area contributed by atoms with Gasteiger partial charge in [-0.2, -0.15) is 0 Å². The van der Waals surface area contributed by atoms with E-state index in [9.17, 15) is 4.79 Å². The van der Waals surface area contributed by atoms with Crippen molar-refractivity contribution in [2.45, 2.75) is 68.4 Å². The van der Waals surface area contributed by atoms with Gasteiger partial charge < -0.3 is 9.64 Å². The van der Waals surface area contributed by atoms with E-state index in [2.05, 4.69) is 18.8 Å². The summed E-state index contributed by atoms with van der Waals surface area (Å²) in [6.45, 7) is 9.70. The van der Waals surface area contributed by atoms with Gasteiger partial charge in [-0.05, 0) is 38.3 Å². The minimum Gasteiger partial charge on any atom is -0.449 e. The molecule has 0 aliphatic carbocycles. The van der Waals surface area contributed by atoms with Gasteiger partial charge in [0.15, 0.2) is 0 Å². The van der Waals surface area contributed by atoms with Crippen LogP contribution >= 0.6 is 0 Å². The van der Waals surface area contributed by atoms with E-state index in [1.54, 1.807) is 4.90 Å². The Labute approximate surface area is 169 Å². The van der Waals surface area contributed by atoms with Gasteiger partial charge in [-0.15, -0.1) is 0 Å². The predicted octanol–water partition coefficient (Wildman–Crippen LogP) is 5.35. The Balaban J connectivity index is -0.000000134. The first-order valence-electron chi connectivity index (χ1n) is 6.86. The summed E-state index contributed by atoms with van der Waals surface area (Å²) >= 11 is 0. The van der Waals surface area contributed by atoms with Crippen LogP contribution in [0.3, 0.4) is 0 Å². The topological polar surface area (TPSA) is 42.4 Å². The maximum atomic E-state index is 10.9. The van der Waals surface area contributed by atoms with Crippen molar-refractivity contribution in [3.8, 4) is 0 Å². The molecule has 1 aliphatic rings. The molecule has 23 heavy (non-hydrogen) atoms. The second-order valence-electron chi connectivity index (χ2n) is 5.16. The molecule has 1 aliphatic heterocycles. The number of nitrogens with zero attached hydrogens (tertiary/aromatic N) is 2. The van der Waals surface area contributed by atoms with Crippen LogP contribution in [0.5, 0.6) is 0 Å². The predicted molar refractivity (Wildman–Crippen MR) is 96.3 cm³/mol. The smallest absolute Gasteiger partial charge is 0.409 e. The van der Waals surface area contributed by atoms with Crippen molar-refractivity contribution in [1.82, 2.24) is 9.88 Å². The minimum absolute atomic E-state index is 0. The van der Waals surface area contributed by atoms with E-state index in [4.69, 9.17) is 4.74 Å². The van der Waals surface area contributed by atoms with Gasteiger partial charge in [-0.3, -0.25) is 4.98 Å². The Kier molecular flexibility index (Phi) is 21.7. The standard InChI is InChI=1S/C8H11N.C7H13NO2.3CH4.Y/c1-7(2)8-5-3-4-6-9-8;1-6(2)8-4-3-5-10-7(8)9;;;;/h3-7H,1-2H3;6H,3-5H2,1-2H3;3*1H4;. The fourth-order valence-electron chi connectivity index (χ4n) is 1.76. The second-order valence-corrected chi connectivity index (χ2v) is 5.16. The fourth-order valence-corrected chi connectivity index (χ4v) is 1.76. The van der Waals surface area contributed by atoms with E-state index in [0.717, 1.165) is 18.7 Å². The molecule has 0 saturated carbocycles. The van der Waals surface area contributed by atoms with E-state index in [0.29, 0.717) is 12.5 Å². The van der Waals surface area contributed by atoms with Crippen molar-refractivity contribution < 1.29 is 42.2 Å². The monoisotopic (exact) mass is 401 g/mol. The minimum atomic E-state index is -0.166. The third-order valence-corrected chi connectivity index (χ3v) is 2.91. The van der Waals surface area contributed by atoms with Gasteiger partial charge in [0.05, 0.1) is 6.61 Å². The average Bonchev–Trinajstić information content (AvgIpc) is 2.40. The Bertz CT molecular complexity index is 384. The van der Waals surface area contributed by atoms with Crippen LogP contribution < -0.4 is 0 Å². The van der Waals surface area contributed by atoms with Crippen molar-refractivity contribution in [2.24, 2.45) is 0 Å². The van der Waals surface area contributed by atoms with Gasteiger partial charge >= 0.3 is 6.09 Å². The van der Waals surface area contributed by atoms with Crippen LogP contribution in [0.15, 0.2) is 24.4 Å². The molecule has 5 heteroatoms. The normalized spacial score (nSPS) is 12.4. The largest absolute Gasteiger partial charge is 0.449 e. The summed E-state index contributed by atoms with van der Waals surface area (Å²) in [5.41, 5.74) is 1.16. The zero-order valence-electron chi connectivity index (χ0n) is 12.9. The summed E-state index contributed by atoms with van der Waals surface area (Å²) in [5.74, 6) is 0.547. The first-order chi connectivity index (χ1) is 9.02. The number of hydrogen-bond donors (Lipinski definition) is 0. The van der Waals surface area contributed by atoms with Gasteiger partial charge in [0.1, 0.15) is 0 Å². The molecule has 0 unspecified atom stereocenters. The maximum absolute atomic E-state index is 10.9. The first-order valence-corrected chi connectivity index (χ1v) is 6.86. The molecule has 133 valence electrons. The van der Waals surface area contributed by atoms with Crippen LogP contribution in [0.25, 0.3) is 0 Å². The summed E-state index contributed by atoms with van der Waals surface area (Å²) in [6, 6.07) is 6.27. The van der Waals surface area contributed by atoms with E-state index in [1.807, 2.05) is 38.2 Å². The van der Waals surface area contributed by atoms with Crippen LogP contribution in [-0.2, 0) is 37.4 Å². The molecule has 2 rings (SSSR count). The molecule has 4 nitrogen and oxygen atoms in total. The van der Waals surface area contributed by atoms with Crippen molar-refractivity contribution in [3.05, 3.63) is 30.1 Å². The summed E-state index contributed by atoms with van der Waals surface area (Å²) < 4.78 is 4.84. The molecular formula is C18H36N2O2Y. The summed E-state index contributed by atoms with van der Waals surface area (Å²) in [4.78, 5) is 16.9. The molecule has 1 fully saturated rings. The molecule has 1 aromatic rings. The van der Waals surface area contributed by atoms with Gasteiger partial charge in [0, 0.05) is 57.2 Å². The Morgan fingerprint density at radius 2 is 1.74 bits per heavy atom. The van der Waals surface area contributed by atoms with Gasteiger partial charge in [-0.1, -0.05) is 42.2 Å². The van der Waals surface area contributed by atoms with E-state index in [1.165, 1.54) is 0 Å². The average molecular weight is 401 g/mol. The fraction of sp³-hybridized carbons (Fsp3) is 0.667. The molecular weight excluding hydrogens is 365 g/mol. The third kappa shape index (κ3) is 11.7. The van der Waals surface area contributed by atoms with Crippen LogP contribution in [-0.4, -0.2) is 35.2 Å². The van der Waals surface area contributed by atoms with Gasteiger partial charge in [0.2, 0.25) is 0 Å². The number of carbonyl (C=O) groups excluding carboxylic acids is 1. The summed E-state index contributed by atoms with van der Waals surface area (Å²) in [6.07, 6.45) is 2.63.